The van der Waals surface area contributed by atoms with Crippen molar-refractivity contribution in [3.63, 3.8) is 0 Å². The molecule has 2 aromatic heterocycles. The van der Waals surface area contributed by atoms with Gasteiger partial charge in [-0.3, -0.25) is 4.98 Å². The van der Waals surface area contributed by atoms with E-state index in [1.165, 1.54) is 0 Å². The Kier molecular flexibility index (Phi) is 6.78. The molecule has 7 nitrogen and oxygen atoms in total. The fourth-order valence-electron chi connectivity index (χ4n) is 2.44. The number of carbonyl (C=O) groups is 1. The van der Waals surface area contributed by atoms with Gasteiger partial charge in [-0.05, 0) is 42.8 Å². The molecule has 0 unspecified atom stereocenters. The van der Waals surface area contributed by atoms with Crippen molar-refractivity contribution >= 4 is 11.7 Å². The molecule has 0 radical (unpaired) electrons. The van der Waals surface area contributed by atoms with Crippen LogP contribution in [0.3, 0.4) is 0 Å². The summed E-state index contributed by atoms with van der Waals surface area (Å²) in [6.45, 7) is 3.19. The van der Waals surface area contributed by atoms with Crippen molar-refractivity contribution < 1.29 is 14.3 Å². The molecule has 0 fully saturated rings. The number of pyridine rings is 2. The Morgan fingerprint density at radius 3 is 2.57 bits per heavy atom. The zero-order valence-electron chi connectivity index (χ0n) is 15.6. The number of aromatic nitrogens is 2. The lowest BCUT2D eigenvalue weighted by Crippen LogP contribution is -2.28. The van der Waals surface area contributed by atoms with E-state index in [9.17, 15) is 4.79 Å². The largest absolute Gasteiger partial charge is 0.489 e. The van der Waals surface area contributed by atoms with E-state index in [0.717, 1.165) is 16.9 Å². The summed E-state index contributed by atoms with van der Waals surface area (Å²) in [7, 11) is 0. The van der Waals surface area contributed by atoms with Crippen molar-refractivity contribution in [1.82, 2.24) is 15.3 Å². The lowest BCUT2D eigenvalue weighted by Gasteiger charge is -2.11. The summed E-state index contributed by atoms with van der Waals surface area (Å²) in [5.74, 6) is 1.16. The molecule has 1 aromatic carbocycles. The minimum Gasteiger partial charge on any atom is -0.489 e. The van der Waals surface area contributed by atoms with Crippen molar-refractivity contribution in [2.24, 2.45) is 0 Å². The highest BCUT2D eigenvalue weighted by Gasteiger charge is 2.08. The summed E-state index contributed by atoms with van der Waals surface area (Å²) < 4.78 is 11.1. The summed E-state index contributed by atoms with van der Waals surface area (Å²) in [6, 6.07) is 14.6. The average Bonchev–Trinajstić information content (AvgIpc) is 2.74. The monoisotopic (exact) mass is 378 g/mol. The summed E-state index contributed by atoms with van der Waals surface area (Å²) in [4.78, 5) is 20.3. The van der Waals surface area contributed by atoms with Crippen molar-refractivity contribution in [1.29, 1.82) is 0 Å². The van der Waals surface area contributed by atoms with Gasteiger partial charge in [-0.1, -0.05) is 18.2 Å². The third-order valence-corrected chi connectivity index (χ3v) is 3.81. The first kappa shape index (κ1) is 19.2. The minimum atomic E-state index is -0.328. The highest BCUT2D eigenvalue weighted by atomic mass is 16.5. The molecule has 3 rings (SSSR count). The number of benzene rings is 1. The first-order valence-corrected chi connectivity index (χ1v) is 8.98. The van der Waals surface area contributed by atoms with Crippen LogP contribution in [0.15, 0.2) is 67.1 Å². The molecule has 144 valence electrons. The first-order chi connectivity index (χ1) is 13.7. The summed E-state index contributed by atoms with van der Waals surface area (Å²) >= 11 is 0. The SMILES string of the molecule is CCOc1ncccc1NC(=O)NCc1ccc(OCc2cccnc2)cc1. The third kappa shape index (κ3) is 5.70. The number of urea groups is 1. The molecular weight excluding hydrogens is 356 g/mol. The second-order valence-corrected chi connectivity index (χ2v) is 5.89. The Balaban J connectivity index is 1.47. The summed E-state index contributed by atoms with van der Waals surface area (Å²) in [6.07, 6.45) is 5.12. The van der Waals surface area contributed by atoms with E-state index in [2.05, 4.69) is 20.6 Å². The minimum absolute atomic E-state index is 0.328. The van der Waals surface area contributed by atoms with Gasteiger partial charge in [-0.2, -0.15) is 0 Å². The molecule has 2 N–H and O–H groups in total. The van der Waals surface area contributed by atoms with E-state index in [-0.39, 0.29) is 6.03 Å². The number of hydrogen-bond donors (Lipinski definition) is 2. The predicted octanol–water partition coefficient (Wildman–Crippen LogP) is 3.78. The average molecular weight is 378 g/mol. The lowest BCUT2D eigenvalue weighted by atomic mass is 10.2. The van der Waals surface area contributed by atoms with Gasteiger partial charge in [0.1, 0.15) is 18.0 Å². The van der Waals surface area contributed by atoms with Gasteiger partial charge in [-0.15, -0.1) is 0 Å². The molecule has 2 heterocycles. The Bertz CT molecular complexity index is 886. The van der Waals surface area contributed by atoms with Crippen LogP contribution in [0.1, 0.15) is 18.1 Å². The Hall–Kier alpha value is -3.61. The smallest absolute Gasteiger partial charge is 0.319 e. The number of carbonyl (C=O) groups excluding carboxylic acids is 1. The number of anilines is 1. The quantitative estimate of drug-likeness (QED) is 0.623. The molecule has 0 aliphatic heterocycles. The van der Waals surface area contributed by atoms with E-state index < -0.39 is 0 Å². The molecule has 7 heteroatoms. The number of hydrogen-bond acceptors (Lipinski definition) is 5. The van der Waals surface area contributed by atoms with E-state index in [0.29, 0.717) is 31.3 Å². The maximum Gasteiger partial charge on any atom is 0.319 e. The molecule has 0 atom stereocenters. The van der Waals surface area contributed by atoms with Gasteiger partial charge in [0.25, 0.3) is 0 Å². The fraction of sp³-hybridized carbons (Fsp3) is 0.190. The van der Waals surface area contributed by atoms with Crippen molar-refractivity contribution in [2.75, 3.05) is 11.9 Å². The molecule has 28 heavy (non-hydrogen) atoms. The molecule has 0 saturated carbocycles. The van der Waals surface area contributed by atoms with Crippen LogP contribution >= 0.6 is 0 Å². The zero-order chi connectivity index (χ0) is 19.6. The van der Waals surface area contributed by atoms with Crippen molar-refractivity contribution in [3.05, 3.63) is 78.2 Å². The van der Waals surface area contributed by atoms with Gasteiger partial charge in [0.05, 0.1) is 6.61 Å². The Labute approximate surface area is 163 Å². The Morgan fingerprint density at radius 2 is 1.82 bits per heavy atom. The van der Waals surface area contributed by atoms with Crippen molar-refractivity contribution in [3.8, 4) is 11.6 Å². The molecule has 0 bridgehead atoms. The lowest BCUT2D eigenvalue weighted by molar-refractivity contribution is 0.251. The van der Waals surface area contributed by atoms with Gasteiger partial charge in [0, 0.05) is 30.7 Å². The maximum absolute atomic E-state index is 12.1. The van der Waals surface area contributed by atoms with E-state index in [4.69, 9.17) is 9.47 Å². The molecule has 2 amide bonds. The number of amides is 2. The van der Waals surface area contributed by atoms with Gasteiger partial charge in [0.2, 0.25) is 5.88 Å². The molecule has 3 aromatic rings. The van der Waals surface area contributed by atoms with Crippen LogP contribution in [0.5, 0.6) is 11.6 Å². The van der Waals surface area contributed by atoms with Gasteiger partial charge in [-0.25, -0.2) is 9.78 Å². The van der Waals surface area contributed by atoms with Crippen molar-refractivity contribution in [2.45, 2.75) is 20.1 Å². The first-order valence-electron chi connectivity index (χ1n) is 8.98. The van der Waals surface area contributed by atoms with Crippen LogP contribution in [0.2, 0.25) is 0 Å². The highest BCUT2D eigenvalue weighted by Crippen LogP contribution is 2.20. The van der Waals surface area contributed by atoms with Crippen LogP contribution in [0.4, 0.5) is 10.5 Å². The van der Waals surface area contributed by atoms with Gasteiger partial charge >= 0.3 is 6.03 Å². The number of ether oxygens (including phenoxy) is 2. The molecule has 0 aliphatic rings. The normalized spacial score (nSPS) is 10.2. The van der Waals surface area contributed by atoms with Crippen LogP contribution in [0.25, 0.3) is 0 Å². The molecule has 0 aliphatic carbocycles. The Morgan fingerprint density at radius 1 is 1.00 bits per heavy atom. The van der Waals surface area contributed by atoms with Crippen LogP contribution in [-0.4, -0.2) is 22.6 Å². The summed E-state index contributed by atoms with van der Waals surface area (Å²) in [5, 5.41) is 5.56. The van der Waals surface area contributed by atoms with Crippen LogP contribution < -0.4 is 20.1 Å². The number of rotatable bonds is 8. The van der Waals surface area contributed by atoms with Crippen LogP contribution in [0, 0.1) is 0 Å². The summed E-state index contributed by atoms with van der Waals surface area (Å²) in [5.41, 5.74) is 2.49. The molecular formula is C21H22N4O3. The zero-order valence-corrected chi connectivity index (χ0v) is 15.6. The maximum atomic E-state index is 12.1. The van der Waals surface area contributed by atoms with Gasteiger partial charge < -0.3 is 20.1 Å². The second-order valence-electron chi connectivity index (χ2n) is 5.89. The standard InChI is InChI=1S/C21H22N4O3/c1-2-27-20-19(6-4-12-23-20)25-21(26)24-14-16-7-9-18(10-8-16)28-15-17-5-3-11-22-13-17/h3-13H,2,14-15H2,1H3,(H2,24,25,26). The van der Waals surface area contributed by atoms with Gasteiger partial charge in [0.15, 0.2) is 0 Å². The van der Waals surface area contributed by atoms with E-state index in [1.807, 2.05) is 43.3 Å². The highest BCUT2D eigenvalue weighted by molar-refractivity contribution is 5.90. The number of nitrogens with one attached hydrogen (secondary N) is 2. The molecule has 0 saturated heterocycles. The topological polar surface area (TPSA) is 85.4 Å². The second kappa shape index (κ2) is 9.91. The number of nitrogens with zero attached hydrogens (tertiary/aromatic N) is 2. The third-order valence-electron chi connectivity index (χ3n) is 3.81. The van der Waals surface area contributed by atoms with E-state index >= 15 is 0 Å². The fourth-order valence-corrected chi connectivity index (χ4v) is 2.44. The molecule has 0 spiro atoms. The van der Waals surface area contributed by atoms with E-state index in [1.54, 1.807) is 30.7 Å². The predicted molar refractivity (Wildman–Crippen MR) is 106 cm³/mol. The van der Waals surface area contributed by atoms with Crippen LogP contribution in [-0.2, 0) is 13.2 Å².